The van der Waals surface area contributed by atoms with Crippen LogP contribution in [0.25, 0.3) is 0 Å². The second-order valence-corrected chi connectivity index (χ2v) is 8.98. The van der Waals surface area contributed by atoms with Crippen molar-refractivity contribution in [1.29, 1.82) is 0 Å². The molecule has 1 fully saturated rings. The first kappa shape index (κ1) is 20.7. The van der Waals surface area contributed by atoms with Crippen LogP contribution >= 0.6 is 11.8 Å². The predicted molar refractivity (Wildman–Crippen MR) is 94.9 cm³/mol. The van der Waals surface area contributed by atoms with E-state index in [9.17, 15) is 18.0 Å². The lowest BCUT2D eigenvalue weighted by Gasteiger charge is -2.22. The topological polar surface area (TPSA) is 92.8 Å². The quantitative estimate of drug-likeness (QED) is 0.497. The van der Waals surface area contributed by atoms with Gasteiger partial charge in [-0.05, 0) is 18.9 Å². The molecule has 24 heavy (non-hydrogen) atoms. The van der Waals surface area contributed by atoms with Crippen molar-refractivity contribution in [2.24, 2.45) is 0 Å². The van der Waals surface area contributed by atoms with Crippen LogP contribution in [0.4, 0.5) is 0 Å². The molecule has 9 heteroatoms. The molecule has 0 aromatic heterocycles. The highest BCUT2D eigenvalue weighted by Crippen LogP contribution is 2.29. The molecule has 0 radical (unpaired) electrons. The zero-order chi connectivity index (χ0) is 18.3. The fourth-order valence-corrected chi connectivity index (χ4v) is 3.81. The summed E-state index contributed by atoms with van der Waals surface area (Å²) in [4.78, 5) is 25.3. The predicted octanol–water partition coefficient (Wildman–Crippen LogP) is 0.891. The Kier molecular flexibility index (Phi) is 7.98. The van der Waals surface area contributed by atoms with Crippen LogP contribution in [0.1, 0.15) is 20.3 Å². The van der Waals surface area contributed by atoms with Crippen LogP contribution < -0.4 is 4.72 Å². The van der Waals surface area contributed by atoms with E-state index in [1.54, 1.807) is 13.1 Å². The minimum absolute atomic E-state index is 0.000460. The molecular formula is C15H24N2O5S2. The summed E-state index contributed by atoms with van der Waals surface area (Å²) in [6.45, 7) is 7.59. The SMILES string of the molecule is C=CCOC(=O)C1CC(SC(C)=O)CN1C=C(C)CNS(C)(=O)=O. The Hall–Kier alpha value is -1.32. The van der Waals surface area contributed by atoms with E-state index in [4.69, 9.17) is 4.74 Å². The molecule has 1 heterocycles. The Morgan fingerprint density at radius 3 is 2.62 bits per heavy atom. The van der Waals surface area contributed by atoms with E-state index in [0.717, 1.165) is 11.8 Å². The summed E-state index contributed by atoms with van der Waals surface area (Å²) in [6, 6.07) is -0.491. The molecule has 1 rings (SSSR count). The summed E-state index contributed by atoms with van der Waals surface area (Å²) in [6.07, 6.45) is 4.84. The number of ether oxygens (including phenoxy) is 1. The highest BCUT2D eigenvalue weighted by Gasteiger charge is 2.37. The van der Waals surface area contributed by atoms with Crippen molar-refractivity contribution in [3.63, 3.8) is 0 Å². The standard InChI is InChI=1S/C15H24N2O5S2/c1-5-6-22-15(19)14-7-13(23-12(3)18)10-17(14)9-11(2)8-16-24(4,20)21/h5,9,13-14,16H,1,6-8,10H2,2-4H3. The molecule has 7 nitrogen and oxygen atoms in total. The normalized spacial score (nSPS) is 21.6. The minimum Gasteiger partial charge on any atom is -0.460 e. The lowest BCUT2D eigenvalue weighted by molar-refractivity contribution is -0.146. The molecule has 0 saturated carbocycles. The van der Waals surface area contributed by atoms with Crippen LogP contribution in [0.5, 0.6) is 0 Å². The van der Waals surface area contributed by atoms with E-state index in [-0.39, 0.29) is 29.5 Å². The van der Waals surface area contributed by atoms with Crippen LogP contribution in [0.2, 0.25) is 0 Å². The molecule has 0 bridgehead atoms. The van der Waals surface area contributed by atoms with Gasteiger partial charge in [0.1, 0.15) is 12.6 Å². The summed E-state index contributed by atoms with van der Waals surface area (Å²) >= 11 is 1.21. The van der Waals surface area contributed by atoms with Gasteiger partial charge in [0.15, 0.2) is 5.12 Å². The molecule has 0 aromatic carbocycles. The maximum Gasteiger partial charge on any atom is 0.329 e. The maximum absolute atomic E-state index is 12.2. The molecule has 2 atom stereocenters. The number of rotatable bonds is 8. The number of thioether (sulfide) groups is 1. The monoisotopic (exact) mass is 376 g/mol. The molecule has 1 saturated heterocycles. The summed E-state index contributed by atoms with van der Waals surface area (Å²) in [5.74, 6) is -0.373. The average Bonchev–Trinajstić information content (AvgIpc) is 2.83. The molecule has 136 valence electrons. The van der Waals surface area contributed by atoms with Crippen LogP contribution in [0.3, 0.4) is 0 Å². The molecular weight excluding hydrogens is 352 g/mol. The molecule has 0 amide bonds. The van der Waals surface area contributed by atoms with E-state index in [0.29, 0.717) is 13.0 Å². The van der Waals surface area contributed by atoms with Crippen molar-refractivity contribution in [2.75, 3.05) is 26.0 Å². The highest BCUT2D eigenvalue weighted by atomic mass is 32.2. The average molecular weight is 377 g/mol. The number of esters is 1. The van der Waals surface area contributed by atoms with Crippen LogP contribution in [-0.4, -0.2) is 61.6 Å². The van der Waals surface area contributed by atoms with Gasteiger partial charge in [-0.15, -0.1) is 0 Å². The molecule has 1 N–H and O–H groups in total. The van der Waals surface area contributed by atoms with Crippen molar-refractivity contribution < 1.29 is 22.7 Å². The molecule has 2 unspecified atom stereocenters. The van der Waals surface area contributed by atoms with Gasteiger partial charge in [-0.3, -0.25) is 4.79 Å². The zero-order valence-electron chi connectivity index (χ0n) is 14.1. The van der Waals surface area contributed by atoms with Gasteiger partial charge in [-0.1, -0.05) is 24.4 Å². The summed E-state index contributed by atoms with van der Waals surface area (Å²) < 4.78 is 29.8. The fourth-order valence-electron chi connectivity index (χ4n) is 2.33. The number of hydrogen-bond acceptors (Lipinski definition) is 7. The third kappa shape index (κ3) is 7.50. The van der Waals surface area contributed by atoms with Crippen LogP contribution in [-0.2, 0) is 24.3 Å². The third-order valence-electron chi connectivity index (χ3n) is 3.25. The number of nitrogens with one attached hydrogen (secondary N) is 1. The Bertz CT molecular complexity index is 615. The number of carbonyl (C=O) groups is 2. The van der Waals surface area contributed by atoms with Crippen molar-refractivity contribution in [1.82, 2.24) is 9.62 Å². The highest BCUT2D eigenvalue weighted by molar-refractivity contribution is 8.14. The molecule has 0 aromatic rings. The summed E-state index contributed by atoms with van der Waals surface area (Å²) in [5.41, 5.74) is 0.760. The van der Waals surface area contributed by atoms with E-state index in [1.165, 1.54) is 24.8 Å². The van der Waals surface area contributed by atoms with E-state index in [2.05, 4.69) is 11.3 Å². The first-order valence-electron chi connectivity index (χ1n) is 7.44. The van der Waals surface area contributed by atoms with Gasteiger partial charge in [0, 0.05) is 31.5 Å². The largest absolute Gasteiger partial charge is 0.460 e. The van der Waals surface area contributed by atoms with Crippen molar-refractivity contribution in [3.05, 3.63) is 24.4 Å². The van der Waals surface area contributed by atoms with Gasteiger partial charge in [0.05, 0.1) is 6.26 Å². The number of hydrogen-bond donors (Lipinski definition) is 1. The molecule has 0 spiro atoms. The second kappa shape index (κ2) is 9.24. The van der Waals surface area contributed by atoms with E-state index in [1.807, 2.05) is 4.90 Å². The minimum atomic E-state index is -3.28. The second-order valence-electron chi connectivity index (χ2n) is 5.67. The van der Waals surface area contributed by atoms with Gasteiger partial charge in [0.2, 0.25) is 10.0 Å². The Morgan fingerprint density at radius 1 is 1.42 bits per heavy atom. The molecule has 1 aliphatic rings. The Labute approximate surface area is 147 Å². The molecule has 0 aliphatic carbocycles. The maximum atomic E-state index is 12.2. The van der Waals surface area contributed by atoms with Gasteiger partial charge < -0.3 is 9.64 Å². The van der Waals surface area contributed by atoms with Gasteiger partial charge in [-0.2, -0.15) is 0 Å². The Morgan fingerprint density at radius 2 is 2.08 bits per heavy atom. The first-order valence-corrected chi connectivity index (χ1v) is 10.2. The van der Waals surface area contributed by atoms with Gasteiger partial charge in [0.25, 0.3) is 0 Å². The van der Waals surface area contributed by atoms with Crippen molar-refractivity contribution >= 4 is 32.9 Å². The van der Waals surface area contributed by atoms with E-state index >= 15 is 0 Å². The van der Waals surface area contributed by atoms with Gasteiger partial charge in [-0.25, -0.2) is 17.9 Å². The fraction of sp³-hybridized carbons (Fsp3) is 0.600. The van der Waals surface area contributed by atoms with Crippen LogP contribution in [0, 0.1) is 0 Å². The van der Waals surface area contributed by atoms with Gasteiger partial charge >= 0.3 is 5.97 Å². The first-order chi connectivity index (χ1) is 11.1. The Balaban J connectivity index is 2.82. The van der Waals surface area contributed by atoms with E-state index < -0.39 is 16.1 Å². The zero-order valence-corrected chi connectivity index (χ0v) is 15.8. The lowest BCUT2D eigenvalue weighted by Crippen LogP contribution is -2.34. The summed E-state index contributed by atoms with van der Waals surface area (Å²) in [7, 11) is -3.28. The lowest BCUT2D eigenvalue weighted by atomic mass is 10.2. The number of nitrogens with zero attached hydrogens (tertiary/aromatic N) is 1. The third-order valence-corrected chi connectivity index (χ3v) is 4.92. The van der Waals surface area contributed by atoms with Crippen molar-refractivity contribution in [3.8, 4) is 0 Å². The summed E-state index contributed by atoms with van der Waals surface area (Å²) in [5, 5.41) is -0.00444. The van der Waals surface area contributed by atoms with Crippen LogP contribution in [0.15, 0.2) is 24.4 Å². The number of sulfonamides is 1. The van der Waals surface area contributed by atoms with Crippen molar-refractivity contribution in [2.45, 2.75) is 31.6 Å². The smallest absolute Gasteiger partial charge is 0.329 e. The molecule has 1 aliphatic heterocycles. The number of carbonyl (C=O) groups excluding carboxylic acids is 2. The number of likely N-dealkylation sites (tertiary alicyclic amines) is 1.